The van der Waals surface area contributed by atoms with Crippen LogP contribution in [-0.4, -0.2) is 19.6 Å². The minimum atomic E-state index is 0.269. The first-order valence-corrected chi connectivity index (χ1v) is 8.35. The smallest absolute Gasteiger partial charge is 0.00755 e. The van der Waals surface area contributed by atoms with Gasteiger partial charge in [0.15, 0.2) is 0 Å². The minimum absolute atomic E-state index is 0.269. The molecule has 0 unspecified atom stereocenters. The van der Waals surface area contributed by atoms with Crippen molar-refractivity contribution in [2.75, 3.05) is 19.6 Å². The van der Waals surface area contributed by atoms with Gasteiger partial charge in [-0.25, -0.2) is 0 Å². The lowest BCUT2D eigenvalue weighted by Crippen LogP contribution is -2.37. The molecule has 3 N–H and O–H groups in total. The molecule has 1 saturated heterocycles. The van der Waals surface area contributed by atoms with Gasteiger partial charge in [-0.05, 0) is 55.8 Å². The van der Waals surface area contributed by atoms with Crippen molar-refractivity contribution in [3.63, 3.8) is 0 Å². The molecular weight excluding hydrogens is 244 g/mol. The van der Waals surface area contributed by atoms with Crippen LogP contribution in [0.3, 0.4) is 0 Å². The Morgan fingerprint density at radius 1 is 1.00 bits per heavy atom. The van der Waals surface area contributed by atoms with E-state index in [0.29, 0.717) is 0 Å². The zero-order valence-electron chi connectivity index (χ0n) is 12.5. The molecule has 1 aliphatic heterocycles. The Balaban J connectivity index is 1.77. The molecule has 2 nitrogen and oxygen atoms in total. The van der Waals surface area contributed by atoms with Gasteiger partial charge in [0, 0.05) is 12.0 Å². The third-order valence-corrected chi connectivity index (χ3v) is 5.54. The predicted molar refractivity (Wildman–Crippen MR) is 85.1 cm³/mol. The Kier molecular flexibility index (Phi) is 4.42. The first kappa shape index (κ1) is 14.1. The molecule has 2 aliphatic rings. The number of piperidine rings is 1. The highest BCUT2D eigenvalue weighted by Crippen LogP contribution is 2.39. The molecule has 110 valence electrons. The molecule has 1 aromatic rings. The Hall–Kier alpha value is -0.860. The van der Waals surface area contributed by atoms with E-state index in [1.54, 1.807) is 0 Å². The first-order valence-electron chi connectivity index (χ1n) is 8.35. The summed E-state index contributed by atoms with van der Waals surface area (Å²) >= 11 is 0. The monoisotopic (exact) mass is 272 g/mol. The van der Waals surface area contributed by atoms with Crippen molar-refractivity contribution >= 4 is 0 Å². The Morgan fingerprint density at radius 3 is 2.25 bits per heavy atom. The summed E-state index contributed by atoms with van der Waals surface area (Å²) in [6.45, 7) is 3.14. The van der Waals surface area contributed by atoms with E-state index in [1.807, 2.05) is 0 Å². The number of rotatable bonds is 3. The fraction of sp³-hybridized carbons (Fsp3) is 0.667. The standard InChI is InChI=1S/C18H28N2/c19-14-18(10-2-1-3-11-18)17-6-4-15(5-7-17)16-8-12-20-13-9-16/h4-7,16,20H,1-3,8-14,19H2. The number of hydrogen-bond donors (Lipinski definition) is 2. The normalized spacial score (nSPS) is 23.6. The van der Waals surface area contributed by atoms with E-state index < -0.39 is 0 Å². The quantitative estimate of drug-likeness (QED) is 0.886. The summed E-state index contributed by atoms with van der Waals surface area (Å²) in [5.74, 6) is 0.755. The van der Waals surface area contributed by atoms with Gasteiger partial charge in [0.1, 0.15) is 0 Å². The third kappa shape index (κ3) is 2.77. The molecule has 20 heavy (non-hydrogen) atoms. The van der Waals surface area contributed by atoms with E-state index in [1.165, 1.54) is 69.2 Å². The van der Waals surface area contributed by atoms with Crippen LogP contribution in [0.15, 0.2) is 24.3 Å². The Morgan fingerprint density at radius 2 is 1.65 bits per heavy atom. The van der Waals surface area contributed by atoms with Crippen molar-refractivity contribution in [1.82, 2.24) is 5.32 Å². The van der Waals surface area contributed by atoms with Crippen LogP contribution >= 0.6 is 0 Å². The predicted octanol–water partition coefficient (Wildman–Crippen LogP) is 3.31. The van der Waals surface area contributed by atoms with Crippen molar-refractivity contribution in [3.05, 3.63) is 35.4 Å². The average molecular weight is 272 g/mol. The summed E-state index contributed by atoms with van der Waals surface area (Å²) in [6, 6.07) is 9.49. The van der Waals surface area contributed by atoms with Crippen molar-refractivity contribution < 1.29 is 0 Å². The molecule has 1 aromatic carbocycles. The van der Waals surface area contributed by atoms with Gasteiger partial charge in [-0.2, -0.15) is 0 Å². The van der Waals surface area contributed by atoms with Gasteiger partial charge < -0.3 is 11.1 Å². The van der Waals surface area contributed by atoms with Crippen LogP contribution in [0.2, 0.25) is 0 Å². The van der Waals surface area contributed by atoms with E-state index in [2.05, 4.69) is 29.6 Å². The molecule has 0 aromatic heterocycles. The number of hydrogen-bond acceptors (Lipinski definition) is 2. The molecule has 0 amide bonds. The molecule has 0 atom stereocenters. The van der Waals surface area contributed by atoms with Crippen LogP contribution in [0.4, 0.5) is 0 Å². The van der Waals surface area contributed by atoms with Gasteiger partial charge >= 0.3 is 0 Å². The van der Waals surface area contributed by atoms with Gasteiger partial charge in [-0.3, -0.25) is 0 Å². The lowest BCUT2D eigenvalue weighted by atomic mass is 9.69. The van der Waals surface area contributed by atoms with E-state index in [-0.39, 0.29) is 5.41 Å². The molecule has 0 radical (unpaired) electrons. The largest absolute Gasteiger partial charge is 0.330 e. The fourth-order valence-electron chi connectivity index (χ4n) is 4.10. The summed E-state index contributed by atoms with van der Waals surface area (Å²) < 4.78 is 0. The second-order valence-electron chi connectivity index (χ2n) is 6.69. The Bertz CT molecular complexity index is 412. The molecule has 2 heteroatoms. The number of nitrogens with one attached hydrogen (secondary N) is 1. The SMILES string of the molecule is NCC1(c2ccc(C3CCNCC3)cc2)CCCCC1. The lowest BCUT2D eigenvalue weighted by Gasteiger charge is -2.37. The second-order valence-corrected chi connectivity index (χ2v) is 6.69. The van der Waals surface area contributed by atoms with Crippen LogP contribution in [0, 0.1) is 0 Å². The second kappa shape index (κ2) is 6.28. The van der Waals surface area contributed by atoms with E-state index in [9.17, 15) is 0 Å². The Labute approximate surface area is 123 Å². The van der Waals surface area contributed by atoms with Gasteiger partial charge in [0.25, 0.3) is 0 Å². The van der Waals surface area contributed by atoms with E-state index in [0.717, 1.165) is 12.5 Å². The highest BCUT2D eigenvalue weighted by molar-refractivity contribution is 5.32. The van der Waals surface area contributed by atoms with Crippen molar-refractivity contribution in [1.29, 1.82) is 0 Å². The van der Waals surface area contributed by atoms with E-state index in [4.69, 9.17) is 5.73 Å². The molecule has 1 heterocycles. The average Bonchev–Trinajstić information content (AvgIpc) is 2.56. The fourth-order valence-corrected chi connectivity index (χ4v) is 4.10. The summed E-state index contributed by atoms with van der Waals surface area (Å²) in [6.07, 6.45) is 9.17. The van der Waals surface area contributed by atoms with Gasteiger partial charge in [0.05, 0.1) is 0 Å². The molecule has 2 fully saturated rings. The molecule has 1 aliphatic carbocycles. The summed E-state index contributed by atoms with van der Waals surface area (Å²) in [7, 11) is 0. The van der Waals surface area contributed by atoms with E-state index >= 15 is 0 Å². The maximum absolute atomic E-state index is 6.14. The molecule has 1 saturated carbocycles. The zero-order valence-corrected chi connectivity index (χ0v) is 12.5. The lowest BCUT2D eigenvalue weighted by molar-refractivity contribution is 0.300. The zero-order chi connectivity index (χ0) is 13.8. The molecular formula is C18H28N2. The maximum atomic E-state index is 6.14. The van der Waals surface area contributed by atoms with Crippen LogP contribution in [0.1, 0.15) is 62.0 Å². The van der Waals surface area contributed by atoms with Crippen molar-refractivity contribution in [3.8, 4) is 0 Å². The number of benzene rings is 1. The first-order chi connectivity index (χ1) is 9.84. The van der Waals surface area contributed by atoms with Crippen LogP contribution in [-0.2, 0) is 5.41 Å². The molecule has 0 spiro atoms. The maximum Gasteiger partial charge on any atom is 0.00755 e. The van der Waals surface area contributed by atoms with Crippen LogP contribution < -0.4 is 11.1 Å². The topological polar surface area (TPSA) is 38.0 Å². The van der Waals surface area contributed by atoms with Gasteiger partial charge in [0.2, 0.25) is 0 Å². The highest BCUT2D eigenvalue weighted by Gasteiger charge is 2.32. The van der Waals surface area contributed by atoms with Gasteiger partial charge in [-0.1, -0.05) is 43.5 Å². The summed E-state index contributed by atoms with van der Waals surface area (Å²) in [4.78, 5) is 0. The molecule has 0 bridgehead atoms. The minimum Gasteiger partial charge on any atom is -0.330 e. The number of nitrogens with two attached hydrogens (primary N) is 1. The van der Waals surface area contributed by atoms with Crippen LogP contribution in [0.25, 0.3) is 0 Å². The molecule has 3 rings (SSSR count). The summed E-state index contributed by atoms with van der Waals surface area (Å²) in [5.41, 5.74) is 9.42. The van der Waals surface area contributed by atoms with Crippen molar-refractivity contribution in [2.45, 2.75) is 56.3 Å². The van der Waals surface area contributed by atoms with Gasteiger partial charge in [-0.15, -0.1) is 0 Å². The summed E-state index contributed by atoms with van der Waals surface area (Å²) in [5, 5.41) is 3.45. The van der Waals surface area contributed by atoms with Crippen LogP contribution in [0.5, 0.6) is 0 Å². The van der Waals surface area contributed by atoms with Crippen molar-refractivity contribution in [2.24, 2.45) is 5.73 Å². The highest BCUT2D eigenvalue weighted by atomic mass is 14.9. The third-order valence-electron chi connectivity index (χ3n) is 5.54.